The minimum atomic E-state index is 0.735. The van der Waals surface area contributed by atoms with E-state index < -0.39 is 0 Å². The lowest BCUT2D eigenvalue weighted by Gasteiger charge is -2.05. The van der Waals surface area contributed by atoms with E-state index >= 15 is 0 Å². The van der Waals surface area contributed by atoms with Crippen LogP contribution in [0.2, 0.25) is 0 Å². The second-order valence-electron chi connectivity index (χ2n) is 6.87. The Kier molecular flexibility index (Phi) is 4.77. The number of hydrogen-bond acceptors (Lipinski definition) is 3. The molecular formula is C24H22N4. The smallest absolute Gasteiger partial charge is 0.153 e. The molecule has 0 saturated heterocycles. The molecule has 28 heavy (non-hydrogen) atoms. The highest BCUT2D eigenvalue weighted by Gasteiger charge is 2.08. The van der Waals surface area contributed by atoms with Gasteiger partial charge in [0.15, 0.2) is 5.65 Å². The molecule has 2 aromatic heterocycles. The molecule has 138 valence electrons. The van der Waals surface area contributed by atoms with Crippen LogP contribution in [0, 0.1) is 6.92 Å². The zero-order chi connectivity index (χ0) is 19.5. The quantitative estimate of drug-likeness (QED) is 0.604. The summed E-state index contributed by atoms with van der Waals surface area (Å²) in [6.07, 6.45) is 7.93. The highest BCUT2D eigenvalue weighted by atomic mass is 15.3. The molecule has 0 spiro atoms. The van der Waals surface area contributed by atoms with Crippen molar-refractivity contribution in [3.05, 3.63) is 100 Å². The van der Waals surface area contributed by atoms with Gasteiger partial charge in [-0.05, 0) is 47.3 Å². The number of nitrogens with zero attached hydrogens (tertiary/aromatic N) is 3. The van der Waals surface area contributed by atoms with Gasteiger partial charge < -0.3 is 5.73 Å². The lowest BCUT2D eigenvalue weighted by atomic mass is 10.1. The Bertz CT molecular complexity index is 1260. The average Bonchev–Trinajstić information content (AvgIpc) is 3.11. The van der Waals surface area contributed by atoms with Gasteiger partial charge in [0.25, 0.3) is 0 Å². The minimum Gasteiger partial charge on any atom is -0.405 e. The zero-order valence-corrected chi connectivity index (χ0v) is 15.8. The van der Waals surface area contributed by atoms with Crippen LogP contribution in [0.25, 0.3) is 29.6 Å². The summed E-state index contributed by atoms with van der Waals surface area (Å²) in [6, 6.07) is 18.7. The maximum atomic E-state index is 5.45. The Morgan fingerprint density at radius 3 is 2.68 bits per heavy atom. The first kappa shape index (κ1) is 17.7. The van der Waals surface area contributed by atoms with E-state index in [1.165, 1.54) is 17.3 Å². The first-order valence-corrected chi connectivity index (χ1v) is 9.21. The number of imidazole rings is 1. The molecule has 2 N–H and O–H groups in total. The molecule has 0 amide bonds. The molecule has 0 fully saturated rings. The van der Waals surface area contributed by atoms with Gasteiger partial charge in [-0.25, -0.2) is 9.50 Å². The molecule has 0 aliphatic heterocycles. The van der Waals surface area contributed by atoms with E-state index in [1.54, 1.807) is 0 Å². The Balaban J connectivity index is 1.73. The van der Waals surface area contributed by atoms with Crippen molar-refractivity contribution >= 4 is 18.3 Å². The highest BCUT2D eigenvalue weighted by molar-refractivity contribution is 5.60. The van der Waals surface area contributed by atoms with Crippen molar-refractivity contribution in [3.8, 4) is 11.3 Å². The first-order valence-electron chi connectivity index (χ1n) is 9.21. The van der Waals surface area contributed by atoms with E-state index in [9.17, 15) is 0 Å². The third-order valence-electron chi connectivity index (χ3n) is 4.76. The van der Waals surface area contributed by atoms with Crippen LogP contribution in [0.3, 0.4) is 0 Å². The summed E-state index contributed by atoms with van der Waals surface area (Å²) < 4.78 is 1.93. The number of aryl methyl sites for hydroxylation is 1. The Hall–Kier alpha value is -3.66. The van der Waals surface area contributed by atoms with Gasteiger partial charge in [0.2, 0.25) is 0 Å². The molecule has 4 rings (SSSR count). The van der Waals surface area contributed by atoms with Crippen molar-refractivity contribution in [1.29, 1.82) is 0 Å². The van der Waals surface area contributed by atoms with E-state index in [0.29, 0.717) is 0 Å². The monoisotopic (exact) mass is 366 g/mol. The third-order valence-corrected chi connectivity index (χ3v) is 4.76. The van der Waals surface area contributed by atoms with Gasteiger partial charge >= 0.3 is 0 Å². The number of benzene rings is 2. The predicted molar refractivity (Wildman–Crippen MR) is 115 cm³/mol. The van der Waals surface area contributed by atoms with Crippen LogP contribution in [0.5, 0.6) is 0 Å². The van der Waals surface area contributed by atoms with Gasteiger partial charge in [0.1, 0.15) is 0 Å². The average molecular weight is 366 g/mol. The van der Waals surface area contributed by atoms with Crippen LogP contribution in [0.4, 0.5) is 0 Å². The Labute approximate surface area is 164 Å². The molecule has 0 bridgehead atoms. The van der Waals surface area contributed by atoms with Crippen LogP contribution < -0.4 is 16.2 Å². The molecule has 0 aliphatic rings. The molecular weight excluding hydrogens is 344 g/mol. The summed E-state index contributed by atoms with van der Waals surface area (Å²) >= 11 is 0. The summed E-state index contributed by atoms with van der Waals surface area (Å²) in [5.41, 5.74) is 11.8. The van der Waals surface area contributed by atoms with E-state index in [4.69, 9.17) is 10.8 Å². The SMILES string of the molecule is C=c1ccc(Cc2cnc3ccc(-c4ccc(C)cc4)nn23)c/c1=C/C=C\N. The summed E-state index contributed by atoms with van der Waals surface area (Å²) in [7, 11) is 0. The summed E-state index contributed by atoms with van der Waals surface area (Å²) in [5.74, 6) is 0. The lowest BCUT2D eigenvalue weighted by Crippen LogP contribution is -2.23. The summed E-state index contributed by atoms with van der Waals surface area (Å²) in [6.45, 7) is 6.16. The van der Waals surface area contributed by atoms with Gasteiger partial charge in [0, 0.05) is 12.0 Å². The predicted octanol–water partition coefficient (Wildman–Crippen LogP) is 2.96. The Morgan fingerprint density at radius 1 is 1.07 bits per heavy atom. The molecule has 0 aliphatic carbocycles. The van der Waals surface area contributed by atoms with E-state index in [0.717, 1.165) is 39.5 Å². The maximum Gasteiger partial charge on any atom is 0.153 e. The maximum absolute atomic E-state index is 5.45. The van der Waals surface area contributed by atoms with E-state index in [1.807, 2.05) is 41.1 Å². The first-order chi connectivity index (χ1) is 13.6. The third kappa shape index (κ3) is 3.58. The minimum absolute atomic E-state index is 0.735. The highest BCUT2D eigenvalue weighted by Crippen LogP contribution is 2.19. The van der Waals surface area contributed by atoms with E-state index in [-0.39, 0.29) is 0 Å². The summed E-state index contributed by atoms with van der Waals surface area (Å²) in [4.78, 5) is 4.51. The number of allylic oxidation sites excluding steroid dienone is 1. The molecule has 2 heterocycles. The fraction of sp³-hybridized carbons (Fsp3) is 0.0833. The molecule has 2 aromatic carbocycles. The second-order valence-corrected chi connectivity index (χ2v) is 6.87. The molecule has 0 saturated carbocycles. The topological polar surface area (TPSA) is 56.2 Å². The van der Waals surface area contributed by atoms with Gasteiger partial charge in [-0.15, -0.1) is 0 Å². The van der Waals surface area contributed by atoms with E-state index in [2.05, 4.69) is 54.9 Å². The molecule has 4 aromatic rings. The standard InChI is InChI=1S/C24H22N4/c1-17-5-9-20(10-6-17)23-11-12-24-26-16-22(28(24)27-23)15-19-8-7-18(2)21(14-19)4-3-13-25/h3-14,16H,2,15,25H2,1H3/b13-3-,21-4-. The van der Waals surface area contributed by atoms with Gasteiger partial charge in [-0.3, -0.25) is 0 Å². The number of aromatic nitrogens is 3. The lowest BCUT2D eigenvalue weighted by molar-refractivity contribution is 0.875. The fourth-order valence-electron chi connectivity index (χ4n) is 3.20. The van der Waals surface area contributed by atoms with Crippen molar-refractivity contribution in [3.63, 3.8) is 0 Å². The molecule has 0 unspecified atom stereocenters. The molecule has 4 nitrogen and oxygen atoms in total. The van der Waals surface area contributed by atoms with Crippen LogP contribution in [0.1, 0.15) is 16.8 Å². The van der Waals surface area contributed by atoms with Gasteiger partial charge in [0.05, 0.1) is 17.6 Å². The number of hydrogen-bond donors (Lipinski definition) is 1. The van der Waals surface area contributed by atoms with Crippen molar-refractivity contribution in [2.45, 2.75) is 13.3 Å². The number of fused-ring (bicyclic) bond motifs is 1. The molecule has 0 atom stereocenters. The largest absolute Gasteiger partial charge is 0.405 e. The van der Waals surface area contributed by atoms with Crippen LogP contribution in [0.15, 0.2) is 73.1 Å². The van der Waals surface area contributed by atoms with Crippen LogP contribution in [-0.2, 0) is 6.42 Å². The van der Waals surface area contributed by atoms with Gasteiger partial charge in [-0.1, -0.05) is 60.7 Å². The second kappa shape index (κ2) is 7.53. The number of rotatable bonds is 4. The van der Waals surface area contributed by atoms with Crippen molar-refractivity contribution in [1.82, 2.24) is 14.6 Å². The number of nitrogens with two attached hydrogens (primary N) is 1. The molecule has 4 heteroatoms. The Morgan fingerprint density at radius 2 is 1.89 bits per heavy atom. The summed E-state index contributed by atoms with van der Waals surface area (Å²) in [5, 5.41) is 6.86. The zero-order valence-electron chi connectivity index (χ0n) is 15.8. The fourth-order valence-corrected chi connectivity index (χ4v) is 3.20. The van der Waals surface area contributed by atoms with Gasteiger partial charge in [-0.2, -0.15) is 5.10 Å². The van der Waals surface area contributed by atoms with Crippen LogP contribution >= 0.6 is 0 Å². The normalized spacial score (nSPS) is 12.2. The molecule has 0 radical (unpaired) electrons. The van der Waals surface area contributed by atoms with Crippen LogP contribution in [-0.4, -0.2) is 14.6 Å². The van der Waals surface area contributed by atoms with Crippen molar-refractivity contribution < 1.29 is 0 Å². The van der Waals surface area contributed by atoms with Crippen molar-refractivity contribution in [2.24, 2.45) is 5.73 Å². The van der Waals surface area contributed by atoms with Crippen molar-refractivity contribution in [2.75, 3.05) is 0 Å².